The Balaban J connectivity index is 2.02. The Morgan fingerprint density at radius 3 is 2.23 bits per heavy atom. The van der Waals surface area contributed by atoms with Crippen molar-refractivity contribution in [3.8, 4) is 11.5 Å². The second-order valence-electron chi connectivity index (χ2n) is 4.31. The number of benzene rings is 2. The van der Waals surface area contributed by atoms with Crippen LogP contribution in [0.5, 0.6) is 11.5 Å². The number of nitrogens with one attached hydrogen (secondary N) is 2. The molecule has 6 nitrogen and oxygen atoms in total. The van der Waals surface area contributed by atoms with Crippen LogP contribution < -0.4 is 15.4 Å². The van der Waals surface area contributed by atoms with Gasteiger partial charge in [0.2, 0.25) is 0 Å². The molecule has 22 heavy (non-hydrogen) atoms. The van der Waals surface area contributed by atoms with E-state index in [0.717, 1.165) is 6.07 Å². The number of methoxy groups -OCH3 is 1. The molecule has 0 aliphatic heterocycles. The maximum absolute atomic E-state index is 13.5. The van der Waals surface area contributed by atoms with Crippen molar-refractivity contribution in [2.75, 3.05) is 17.7 Å². The van der Waals surface area contributed by atoms with E-state index in [0.29, 0.717) is 0 Å². The van der Waals surface area contributed by atoms with Crippen LogP contribution in [0.4, 0.5) is 15.8 Å². The van der Waals surface area contributed by atoms with E-state index in [9.17, 15) is 19.1 Å². The highest BCUT2D eigenvalue weighted by Gasteiger charge is 2.15. The molecule has 2 aromatic carbocycles. The van der Waals surface area contributed by atoms with E-state index in [1.54, 1.807) is 0 Å². The van der Waals surface area contributed by atoms with Crippen LogP contribution in [0.2, 0.25) is 0 Å². The van der Waals surface area contributed by atoms with Gasteiger partial charge in [0.15, 0.2) is 11.6 Å². The van der Waals surface area contributed by atoms with Crippen LogP contribution in [0.25, 0.3) is 0 Å². The molecule has 0 bridgehead atoms. The molecule has 2 amide bonds. The number of phenolic OH excluding ortho intramolecular Hbond substituents is 1. The quantitative estimate of drug-likeness (QED) is 0.758. The molecular formula is C15H13FN2O4. The second kappa shape index (κ2) is 6.57. The number of carbonyl (C=O) groups excluding carboxylic acids is 2. The summed E-state index contributed by atoms with van der Waals surface area (Å²) in [5.41, 5.74) is 0.385. The Hall–Kier alpha value is -3.09. The van der Waals surface area contributed by atoms with E-state index < -0.39 is 17.6 Å². The summed E-state index contributed by atoms with van der Waals surface area (Å²) in [6.07, 6.45) is 0. The van der Waals surface area contributed by atoms with Gasteiger partial charge < -0.3 is 20.5 Å². The van der Waals surface area contributed by atoms with Gasteiger partial charge in [-0.25, -0.2) is 4.39 Å². The monoisotopic (exact) mass is 304 g/mol. The van der Waals surface area contributed by atoms with Crippen molar-refractivity contribution < 1.29 is 23.8 Å². The maximum atomic E-state index is 13.5. The largest absolute Gasteiger partial charge is 0.508 e. The zero-order chi connectivity index (χ0) is 16.1. The van der Waals surface area contributed by atoms with Crippen LogP contribution in [0.3, 0.4) is 0 Å². The highest BCUT2D eigenvalue weighted by molar-refractivity contribution is 6.43. The Kier molecular flexibility index (Phi) is 4.57. The lowest BCUT2D eigenvalue weighted by molar-refractivity contribution is -0.133. The van der Waals surface area contributed by atoms with E-state index in [2.05, 4.69) is 10.6 Å². The SMILES string of the molecule is COc1ccc(NC(=O)C(=O)Nc2cccc(O)c2)cc1F. The van der Waals surface area contributed by atoms with Crippen molar-refractivity contribution in [1.29, 1.82) is 0 Å². The van der Waals surface area contributed by atoms with Crippen LogP contribution >= 0.6 is 0 Å². The average Bonchev–Trinajstić information content (AvgIpc) is 2.47. The van der Waals surface area contributed by atoms with Crippen molar-refractivity contribution >= 4 is 23.2 Å². The number of anilines is 2. The van der Waals surface area contributed by atoms with Gasteiger partial charge >= 0.3 is 11.8 Å². The van der Waals surface area contributed by atoms with Gasteiger partial charge in [0, 0.05) is 23.5 Å². The second-order valence-corrected chi connectivity index (χ2v) is 4.31. The summed E-state index contributed by atoms with van der Waals surface area (Å²) in [4.78, 5) is 23.4. The molecule has 0 saturated heterocycles. The Labute approximate surface area is 125 Å². The van der Waals surface area contributed by atoms with Crippen LogP contribution in [-0.2, 0) is 9.59 Å². The third-order valence-corrected chi connectivity index (χ3v) is 2.72. The summed E-state index contributed by atoms with van der Waals surface area (Å²) < 4.78 is 18.2. The highest BCUT2D eigenvalue weighted by atomic mass is 19.1. The van der Waals surface area contributed by atoms with Crippen molar-refractivity contribution in [2.24, 2.45) is 0 Å². The molecule has 0 unspecified atom stereocenters. The molecule has 2 aromatic rings. The molecule has 7 heteroatoms. The standard InChI is InChI=1S/C15H13FN2O4/c1-22-13-6-5-10(8-12(13)16)18-15(21)14(20)17-9-3-2-4-11(19)7-9/h2-8,19H,1H3,(H,17,20)(H,18,21). The molecule has 0 fully saturated rings. The first-order valence-corrected chi connectivity index (χ1v) is 6.24. The fraction of sp³-hybridized carbons (Fsp3) is 0.0667. The summed E-state index contributed by atoms with van der Waals surface area (Å²) in [5.74, 6) is -2.58. The summed E-state index contributed by atoms with van der Waals surface area (Å²) >= 11 is 0. The number of aromatic hydroxyl groups is 1. The van der Waals surface area contributed by atoms with Crippen molar-refractivity contribution in [3.05, 3.63) is 48.3 Å². The van der Waals surface area contributed by atoms with E-state index in [-0.39, 0.29) is 22.9 Å². The van der Waals surface area contributed by atoms with Gasteiger partial charge in [-0.05, 0) is 24.3 Å². The minimum absolute atomic E-state index is 0.0298. The average molecular weight is 304 g/mol. The number of hydrogen-bond acceptors (Lipinski definition) is 4. The van der Waals surface area contributed by atoms with Gasteiger partial charge in [-0.2, -0.15) is 0 Å². The molecule has 0 aliphatic rings. The first-order valence-electron chi connectivity index (χ1n) is 6.24. The molecule has 0 spiro atoms. The lowest BCUT2D eigenvalue weighted by Gasteiger charge is -2.08. The summed E-state index contributed by atoms with van der Waals surface area (Å²) in [6.45, 7) is 0. The molecule has 0 saturated carbocycles. The normalized spacial score (nSPS) is 9.91. The lowest BCUT2D eigenvalue weighted by atomic mass is 10.2. The third-order valence-electron chi connectivity index (χ3n) is 2.72. The van der Waals surface area contributed by atoms with Gasteiger partial charge in [0.05, 0.1) is 7.11 Å². The minimum atomic E-state index is -0.965. The van der Waals surface area contributed by atoms with Gasteiger partial charge in [0.1, 0.15) is 5.75 Å². The zero-order valence-electron chi connectivity index (χ0n) is 11.6. The number of amides is 2. The topological polar surface area (TPSA) is 87.7 Å². The Morgan fingerprint density at radius 1 is 1.05 bits per heavy atom. The molecule has 0 aromatic heterocycles. The van der Waals surface area contributed by atoms with Crippen LogP contribution in [0, 0.1) is 5.82 Å². The number of ether oxygens (including phenoxy) is 1. The summed E-state index contributed by atoms with van der Waals surface area (Å²) in [5, 5.41) is 13.8. The molecule has 2 rings (SSSR count). The maximum Gasteiger partial charge on any atom is 0.314 e. The molecular weight excluding hydrogens is 291 g/mol. The molecule has 0 aliphatic carbocycles. The summed E-state index contributed by atoms with van der Waals surface area (Å²) in [6, 6.07) is 9.52. The molecule has 0 atom stereocenters. The number of rotatable bonds is 3. The van der Waals surface area contributed by atoms with Crippen LogP contribution in [0.1, 0.15) is 0 Å². The van der Waals surface area contributed by atoms with E-state index in [4.69, 9.17) is 4.74 Å². The van der Waals surface area contributed by atoms with Crippen LogP contribution in [-0.4, -0.2) is 24.0 Å². The fourth-order valence-electron chi connectivity index (χ4n) is 1.70. The summed E-state index contributed by atoms with van der Waals surface area (Å²) in [7, 11) is 1.32. The molecule has 3 N–H and O–H groups in total. The number of hydrogen-bond donors (Lipinski definition) is 3. The number of halogens is 1. The van der Waals surface area contributed by atoms with Crippen molar-refractivity contribution in [1.82, 2.24) is 0 Å². The van der Waals surface area contributed by atoms with Gasteiger partial charge in [-0.1, -0.05) is 6.07 Å². The van der Waals surface area contributed by atoms with Gasteiger partial charge in [0.25, 0.3) is 0 Å². The fourth-order valence-corrected chi connectivity index (χ4v) is 1.70. The minimum Gasteiger partial charge on any atom is -0.508 e. The van der Waals surface area contributed by atoms with Gasteiger partial charge in [-0.3, -0.25) is 9.59 Å². The third kappa shape index (κ3) is 3.72. The smallest absolute Gasteiger partial charge is 0.314 e. The first-order chi connectivity index (χ1) is 10.5. The van der Waals surface area contributed by atoms with E-state index in [1.165, 1.54) is 43.5 Å². The predicted molar refractivity (Wildman–Crippen MR) is 78.3 cm³/mol. The van der Waals surface area contributed by atoms with Crippen LogP contribution in [0.15, 0.2) is 42.5 Å². The van der Waals surface area contributed by atoms with Crippen molar-refractivity contribution in [2.45, 2.75) is 0 Å². The highest BCUT2D eigenvalue weighted by Crippen LogP contribution is 2.20. The Morgan fingerprint density at radius 2 is 1.68 bits per heavy atom. The molecule has 114 valence electrons. The van der Waals surface area contributed by atoms with Gasteiger partial charge in [-0.15, -0.1) is 0 Å². The number of phenols is 1. The van der Waals surface area contributed by atoms with Crippen molar-refractivity contribution in [3.63, 3.8) is 0 Å². The molecule has 0 radical (unpaired) electrons. The first kappa shape index (κ1) is 15.3. The Bertz CT molecular complexity index is 718. The lowest BCUT2D eigenvalue weighted by Crippen LogP contribution is -2.29. The zero-order valence-corrected chi connectivity index (χ0v) is 11.6. The predicted octanol–water partition coefficient (Wildman–Crippen LogP) is 2.12. The van der Waals surface area contributed by atoms with E-state index >= 15 is 0 Å². The number of carbonyl (C=O) groups is 2. The van der Waals surface area contributed by atoms with E-state index in [1.807, 2.05) is 0 Å². The molecule has 0 heterocycles.